The van der Waals surface area contributed by atoms with Gasteiger partial charge in [0.15, 0.2) is 0 Å². The highest BCUT2D eigenvalue weighted by Crippen LogP contribution is 2.25. The molecule has 0 unspecified atom stereocenters. The molecule has 0 spiro atoms. The van der Waals surface area contributed by atoms with Gasteiger partial charge in [0.1, 0.15) is 0 Å². The lowest BCUT2D eigenvalue weighted by Gasteiger charge is -2.35. The first kappa shape index (κ1) is 19.2. The number of para-hydroxylation sites is 1. The smallest absolute Gasteiger partial charge is 0.230 e. The van der Waals surface area contributed by atoms with Crippen LogP contribution in [0.2, 0.25) is 0 Å². The predicted molar refractivity (Wildman–Crippen MR) is 108 cm³/mol. The van der Waals surface area contributed by atoms with E-state index in [1.54, 1.807) is 0 Å². The number of rotatable bonds is 5. The van der Waals surface area contributed by atoms with Crippen LogP contribution in [0.4, 0.5) is 5.69 Å². The first-order valence-electron chi connectivity index (χ1n) is 9.75. The van der Waals surface area contributed by atoms with E-state index in [9.17, 15) is 9.59 Å². The Bertz CT molecular complexity index is 750. The van der Waals surface area contributed by atoms with Crippen molar-refractivity contribution in [1.29, 1.82) is 0 Å². The molecule has 4 heteroatoms. The Labute approximate surface area is 161 Å². The van der Waals surface area contributed by atoms with Crippen LogP contribution in [0, 0.1) is 11.8 Å². The van der Waals surface area contributed by atoms with Crippen molar-refractivity contribution in [2.24, 2.45) is 11.8 Å². The standard InChI is InChI=1S/C23H28N2O2/c1-18(2)22(26)24-15-13-20(14-16-24)23(27)25(21-11-7-4-8-12-21)17-19-9-5-3-6-10-19/h3-12,18,20H,13-17H2,1-2H3. The zero-order chi connectivity index (χ0) is 19.2. The fourth-order valence-corrected chi connectivity index (χ4v) is 3.60. The van der Waals surface area contributed by atoms with Crippen molar-refractivity contribution in [2.45, 2.75) is 33.2 Å². The molecule has 142 valence electrons. The van der Waals surface area contributed by atoms with Crippen LogP contribution in [0.15, 0.2) is 60.7 Å². The van der Waals surface area contributed by atoms with Gasteiger partial charge >= 0.3 is 0 Å². The molecule has 2 amide bonds. The van der Waals surface area contributed by atoms with Gasteiger partial charge in [-0.1, -0.05) is 62.4 Å². The number of carbonyl (C=O) groups is 2. The molecule has 4 nitrogen and oxygen atoms in total. The molecule has 3 rings (SSSR count). The molecule has 2 aromatic carbocycles. The van der Waals surface area contributed by atoms with Crippen LogP contribution >= 0.6 is 0 Å². The molecule has 1 aliphatic rings. The highest BCUT2D eigenvalue weighted by molar-refractivity contribution is 5.95. The molecule has 0 aliphatic carbocycles. The lowest BCUT2D eigenvalue weighted by atomic mass is 9.94. The Balaban J connectivity index is 1.73. The van der Waals surface area contributed by atoms with E-state index in [0.29, 0.717) is 19.6 Å². The zero-order valence-corrected chi connectivity index (χ0v) is 16.2. The lowest BCUT2D eigenvalue weighted by Crippen LogP contribution is -2.45. The number of likely N-dealkylation sites (tertiary alicyclic amines) is 1. The van der Waals surface area contributed by atoms with Crippen molar-refractivity contribution in [1.82, 2.24) is 4.90 Å². The maximum absolute atomic E-state index is 13.3. The number of nitrogens with zero attached hydrogens (tertiary/aromatic N) is 2. The van der Waals surface area contributed by atoms with Gasteiger partial charge in [-0.05, 0) is 30.5 Å². The molecular formula is C23H28N2O2. The summed E-state index contributed by atoms with van der Waals surface area (Å²) in [5, 5.41) is 0. The van der Waals surface area contributed by atoms with Crippen molar-refractivity contribution in [2.75, 3.05) is 18.0 Å². The minimum Gasteiger partial charge on any atom is -0.342 e. The highest BCUT2D eigenvalue weighted by atomic mass is 16.2. The average Bonchev–Trinajstić information content (AvgIpc) is 2.72. The molecule has 0 radical (unpaired) electrons. The van der Waals surface area contributed by atoms with Gasteiger partial charge in [0.2, 0.25) is 11.8 Å². The van der Waals surface area contributed by atoms with Crippen LogP contribution in [-0.2, 0) is 16.1 Å². The topological polar surface area (TPSA) is 40.6 Å². The van der Waals surface area contributed by atoms with Crippen molar-refractivity contribution < 1.29 is 9.59 Å². The molecule has 0 aromatic heterocycles. The first-order valence-corrected chi connectivity index (χ1v) is 9.75. The second kappa shape index (κ2) is 8.85. The van der Waals surface area contributed by atoms with E-state index in [-0.39, 0.29) is 23.7 Å². The number of hydrogen-bond donors (Lipinski definition) is 0. The molecule has 0 atom stereocenters. The van der Waals surface area contributed by atoms with Crippen LogP contribution in [0.1, 0.15) is 32.3 Å². The summed E-state index contributed by atoms with van der Waals surface area (Å²) in [5.74, 6) is 0.313. The van der Waals surface area contributed by atoms with Crippen LogP contribution < -0.4 is 4.90 Å². The van der Waals surface area contributed by atoms with Gasteiger partial charge < -0.3 is 9.80 Å². The number of carbonyl (C=O) groups excluding carboxylic acids is 2. The van der Waals surface area contributed by atoms with Gasteiger partial charge in [0, 0.05) is 30.6 Å². The van der Waals surface area contributed by atoms with Crippen molar-refractivity contribution in [3.05, 3.63) is 66.2 Å². The Kier molecular flexibility index (Phi) is 6.28. The van der Waals surface area contributed by atoms with Crippen LogP contribution in [0.3, 0.4) is 0 Å². The summed E-state index contributed by atoms with van der Waals surface area (Å²) in [6.07, 6.45) is 1.46. The molecule has 0 bridgehead atoms. The lowest BCUT2D eigenvalue weighted by molar-refractivity contribution is -0.137. The fraction of sp³-hybridized carbons (Fsp3) is 0.391. The summed E-state index contributed by atoms with van der Waals surface area (Å²) < 4.78 is 0. The number of hydrogen-bond acceptors (Lipinski definition) is 2. The van der Waals surface area contributed by atoms with Gasteiger partial charge in [0.25, 0.3) is 0 Å². The number of piperidine rings is 1. The summed E-state index contributed by atoms with van der Waals surface area (Å²) in [6, 6.07) is 19.9. The van der Waals surface area contributed by atoms with E-state index in [2.05, 4.69) is 0 Å². The number of benzene rings is 2. The summed E-state index contributed by atoms with van der Waals surface area (Å²) in [7, 11) is 0. The number of amides is 2. The van der Waals surface area contributed by atoms with E-state index in [4.69, 9.17) is 0 Å². The molecule has 1 heterocycles. The van der Waals surface area contributed by atoms with Crippen LogP contribution in [-0.4, -0.2) is 29.8 Å². The SMILES string of the molecule is CC(C)C(=O)N1CCC(C(=O)N(Cc2ccccc2)c2ccccc2)CC1. The monoisotopic (exact) mass is 364 g/mol. The molecule has 2 aromatic rings. The molecule has 27 heavy (non-hydrogen) atoms. The van der Waals surface area contributed by atoms with Gasteiger partial charge in [0.05, 0.1) is 6.54 Å². The van der Waals surface area contributed by atoms with Gasteiger partial charge in [-0.25, -0.2) is 0 Å². The summed E-state index contributed by atoms with van der Waals surface area (Å²) in [4.78, 5) is 29.3. The van der Waals surface area contributed by atoms with E-state index < -0.39 is 0 Å². The minimum atomic E-state index is -0.0369. The third-order valence-corrected chi connectivity index (χ3v) is 5.17. The quantitative estimate of drug-likeness (QED) is 0.801. The zero-order valence-electron chi connectivity index (χ0n) is 16.2. The molecular weight excluding hydrogens is 336 g/mol. The second-order valence-corrected chi connectivity index (χ2v) is 7.50. The molecule has 0 saturated carbocycles. The fourth-order valence-electron chi connectivity index (χ4n) is 3.60. The van der Waals surface area contributed by atoms with E-state index in [1.807, 2.05) is 84.3 Å². The molecule has 1 aliphatic heterocycles. The Morgan fingerprint density at radius 1 is 0.963 bits per heavy atom. The van der Waals surface area contributed by atoms with Crippen LogP contribution in [0.25, 0.3) is 0 Å². The third kappa shape index (κ3) is 4.76. The Hall–Kier alpha value is -2.62. The normalized spacial score (nSPS) is 15.0. The van der Waals surface area contributed by atoms with E-state index in [0.717, 1.165) is 24.1 Å². The van der Waals surface area contributed by atoms with Gasteiger partial charge in [-0.15, -0.1) is 0 Å². The molecule has 0 N–H and O–H groups in total. The summed E-state index contributed by atoms with van der Waals surface area (Å²) in [6.45, 7) is 5.75. The predicted octanol–water partition coefficient (Wildman–Crippen LogP) is 4.11. The average molecular weight is 364 g/mol. The Morgan fingerprint density at radius 2 is 1.52 bits per heavy atom. The maximum Gasteiger partial charge on any atom is 0.230 e. The van der Waals surface area contributed by atoms with Gasteiger partial charge in [-0.3, -0.25) is 9.59 Å². The Morgan fingerprint density at radius 3 is 2.07 bits per heavy atom. The van der Waals surface area contributed by atoms with Crippen molar-refractivity contribution >= 4 is 17.5 Å². The number of anilines is 1. The maximum atomic E-state index is 13.3. The minimum absolute atomic E-state index is 0.0103. The van der Waals surface area contributed by atoms with Gasteiger partial charge in [-0.2, -0.15) is 0 Å². The van der Waals surface area contributed by atoms with Crippen LogP contribution in [0.5, 0.6) is 0 Å². The largest absolute Gasteiger partial charge is 0.342 e. The van der Waals surface area contributed by atoms with Crippen molar-refractivity contribution in [3.8, 4) is 0 Å². The highest BCUT2D eigenvalue weighted by Gasteiger charge is 2.31. The van der Waals surface area contributed by atoms with E-state index >= 15 is 0 Å². The van der Waals surface area contributed by atoms with Crippen molar-refractivity contribution in [3.63, 3.8) is 0 Å². The molecule has 1 fully saturated rings. The summed E-state index contributed by atoms with van der Waals surface area (Å²) in [5.41, 5.74) is 2.04. The second-order valence-electron chi connectivity index (χ2n) is 7.50. The van der Waals surface area contributed by atoms with E-state index in [1.165, 1.54) is 0 Å². The third-order valence-electron chi connectivity index (χ3n) is 5.17. The first-order chi connectivity index (χ1) is 13.1. The summed E-state index contributed by atoms with van der Waals surface area (Å²) >= 11 is 0. The molecule has 1 saturated heterocycles.